The van der Waals surface area contributed by atoms with Crippen LogP contribution in [0.2, 0.25) is 0 Å². The van der Waals surface area contributed by atoms with Gasteiger partial charge in [-0.3, -0.25) is 13.9 Å². The molecule has 1 aliphatic carbocycles. The third-order valence-electron chi connectivity index (χ3n) is 7.98. The van der Waals surface area contributed by atoms with Gasteiger partial charge >= 0.3 is 0 Å². The Morgan fingerprint density at radius 3 is 2.07 bits per heavy atom. The van der Waals surface area contributed by atoms with Gasteiger partial charge in [0, 0.05) is 12.6 Å². The standard InChI is InChI=1S/C34H43N3O5S/c1-6-32(34(39)35-28-9-7-8-10-28)36(22-27-13-15-30(42-5)16-14-27)33(38)23-37(29-20-25(3)19-26(4)21-29)43(40,41)31-17-11-24(2)12-18-31/h11-21,28,32H,6-10,22-23H2,1-5H3,(H,35,39). The zero-order chi connectivity index (χ0) is 31.1. The first-order valence-electron chi connectivity index (χ1n) is 14.9. The monoisotopic (exact) mass is 605 g/mol. The van der Waals surface area contributed by atoms with Crippen molar-refractivity contribution in [1.82, 2.24) is 10.2 Å². The summed E-state index contributed by atoms with van der Waals surface area (Å²) in [6.07, 6.45) is 4.36. The molecule has 43 heavy (non-hydrogen) atoms. The Hall–Kier alpha value is -3.85. The molecular weight excluding hydrogens is 562 g/mol. The molecule has 1 unspecified atom stereocenters. The number of hydrogen-bond acceptors (Lipinski definition) is 5. The second kappa shape index (κ2) is 14.1. The van der Waals surface area contributed by atoms with Gasteiger partial charge in [0.1, 0.15) is 18.3 Å². The van der Waals surface area contributed by atoms with Crippen LogP contribution in [0.1, 0.15) is 61.3 Å². The number of carbonyl (C=O) groups is 2. The summed E-state index contributed by atoms with van der Waals surface area (Å²) in [5, 5.41) is 3.15. The molecule has 0 aliphatic heterocycles. The minimum Gasteiger partial charge on any atom is -0.497 e. The Labute approximate surface area is 256 Å². The van der Waals surface area contributed by atoms with Crippen LogP contribution in [0.3, 0.4) is 0 Å². The number of amides is 2. The van der Waals surface area contributed by atoms with Crippen molar-refractivity contribution in [3.63, 3.8) is 0 Å². The first-order chi connectivity index (χ1) is 20.5. The maximum Gasteiger partial charge on any atom is 0.264 e. The summed E-state index contributed by atoms with van der Waals surface area (Å²) in [6.45, 7) is 7.24. The van der Waals surface area contributed by atoms with Crippen molar-refractivity contribution >= 4 is 27.5 Å². The average molecular weight is 606 g/mol. The van der Waals surface area contributed by atoms with Gasteiger partial charge in [-0.2, -0.15) is 0 Å². The summed E-state index contributed by atoms with van der Waals surface area (Å²) in [7, 11) is -2.53. The van der Waals surface area contributed by atoms with Gasteiger partial charge in [-0.15, -0.1) is 0 Å². The van der Waals surface area contributed by atoms with Gasteiger partial charge in [-0.05, 0) is 93.1 Å². The number of benzene rings is 3. The number of nitrogens with one attached hydrogen (secondary N) is 1. The predicted octanol–water partition coefficient (Wildman–Crippen LogP) is 5.68. The number of hydrogen-bond donors (Lipinski definition) is 1. The highest BCUT2D eigenvalue weighted by atomic mass is 32.2. The van der Waals surface area contributed by atoms with E-state index in [0.717, 1.165) is 47.9 Å². The quantitative estimate of drug-likeness (QED) is 0.287. The van der Waals surface area contributed by atoms with Crippen LogP contribution in [0.25, 0.3) is 0 Å². The molecule has 230 valence electrons. The number of rotatable bonds is 12. The van der Waals surface area contributed by atoms with Gasteiger partial charge < -0.3 is 15.0 Å². The van der Waals surface area contributed by atoms with E-state index in [1.165, 1.54) is 9.21 Å². The zero-order valence-electron chi connectivity index (χ0n) is 25.8. The van der Waals surface area contributed by atoms with Crippen LogP contribution in [0.5, 0.6) is 5.75 Å². The van der Waals surface area contributed by atoms with Crippen LogP contribution in [-0.4, -0.2) is 50.9 Å². The molecule has 1 fully saturated rings. The largest absolute Gasteiger partial charge is 0.497 e. The van der Waals surface area contributed by atoms with Crippen LogP contribution in [-0.2, 0) is 26.2 Å². The molecule has 4 rings (SSSR count). The van der Waals surface area contributed by atoms with E-state index < -0.39 is 28.5 Å². The number of ether oxygens (including phenoxy) is 1. The van der Waals surface area contributed by atoms with Crippen LogP contribution < -0.4 is 14.4 Å². The molecule has 1 N–H and O–H groups in total. The molecule has 3 aromatic carbocycles. The molecule has 1 saturated carbocycles. The van der Waals surface area contributed by atoms with Crippen LogP contribution in [0.15, 0.2) is 71.6 Å². The molecule has 0 heterocycles. The van der Waals surface area contributed by atoms with Gasteiger partial charge in [0.15, 0.2) is 0 Å². The highest BCUT2D eigenvalue weighted by Gasteiger charge is 2.34. The molecule has 0 saturated heterocycles. The SMILES string of the molecule is CCC(C(=O)NC1CCCC1)N(Cc1ccc(OC)cc1)C(=O)CN(c1cc(C)cc(C)c1)S(=O)(=O)c1ccc(C)cc1. The van der Waals surface area contributed by atoms with Crippen molar-refractivity contribution < 1.29 is 22.7 Å². The summed E-state index contributed by atoms with van der Waals surface area (Å²) >= 11 is 0. The van der Waals surface area contributed by atoms with E-state index in [4.69, 9.17) is 4.74 Å². The number of nitrogens with zero attached hydrogens (tertiary/aromatic N) is 2. The van der Waals surface area contributed by atoms with Gasteiger partial charge in [-0.25, -0.2) is 8.42 Å². The number of anilines is 1. The maximum absolute atomic E-state index is 14.3. The van der Waals surface area contributed by atoms with Crippen molar-refractivity contribution in [3.8, 4) is 5.75 Å². The third kappa shape index (κ3) is 7.96. The topological polar surface area (TPSA) is 96.0 Å². The van der Waals surface area contributed by atoms with Crippen molar-refractivity contribution in [2.24, 2.45) is 0 Å². The summed E-state index contributed by atoms with van der Waals surface area (Å²) in [5.41, 5.74) is 3.89. The Balaban J connectivity index is 1.73. The number of aryl methyl sites for hydroxylation is 3. The fourth-order valence-electron chi connectivity index (χ4n) is 5.68. The normalized spacial score (nSPS) is 14.3. The van der Waals surface area contributed by atoms with E-state index in [0.29, 0.717) is 17.9 Å². The number of sulfonamides is 1. The molecule has 1 aliphatic rings. The van der Waals surface area contributed by atoms with Crippen molar-refractivity contribution in [1.29, 1.82) is 0 Å². The maximum atomic E-state index is 14.3. The Morgan fingerprint density at radius 1 is 0.907 bits per heavy atom. The first-order valence-corrected chi connectivity index (χ1v) is 16.4. The van der Waals surface area contributed by atoms with E-state index in [-0.39, 0.29) is 23.4 Å². The van der Waals surface area contributed by atoms with Crippen LogP contribution in [0, 0.1) is 20.8 Å². The lowest BCUT2D eigenvalue weighted by Crippen LogP contribution is -2.53. The Kier molecular flexibility index (Phi) is 10.5. The number of methoxy groups -OCH3 is 1. The molecule has 1 atom stereocenters. The smallest absolute Gasteiger partial charge is 0.264 e. The van der Waals surface area contributed by atoms with Crippen LogP contribution in [0.4, 0.5) is 5.69 Å². The average Bonchev–Trinajstić information content (AvgIpc) is 3.48. The summed E-state index contributed by atoms with van der Waals surface area (Å²) in [5.74, 6) is 0.00696. The summed E-state index contributed by atoms with van der Waals surface area (Å²) < 4.78 is 34.7. The lowest BCUT2D eigenvalue weighted by molar-refractivity contribution is -0.140. The summed E-state index contributed by atoms with van der Waals surface area (Å²) in [4.78, 5) is 29.5. The van der Waals surface area contributed by atoms with Gasteiger partial charge in [0.2, 0.25) is 11.8 Å². The predicted molar refractivity (Wildman–Crippen MR) is 170 cm³/mol. The molecule has 2 amide bonds. The molecule has 8 nitrogen and oxygen atoms in total. The lowest BCUT2D eigenvalue weighted by Gasteiger charge is -2.34. The second-order valence-corrected chi connectivity index (χ2v) is 13.3. The minimum absolute atomic E-state index is 0.0909. The van der Waals surface area contributed by atoms with Gasteiger partial charge in [0.25, 0.3) is 10.0 Å². The van der Waals surface area contributed by atoms with E-state index in [1.807, 2.05) is 45.9 Å². The van der Waals surface area contributed by atoms with Gasteiger partial charge in [0.05, 0.1) is 17.7 Å². The molecule has 0 spiro atoms. The van der Waals surface area contributed by atoms with E-state index in [9.17, 15) is 18.0 Å². The van der Waals surface area contributed by atoms with Crippen molar-refractivity contribution in [2.45, 2.75) is 83.3 Å². The Morgan fingerprint density at radius 2 is 1.51 bits per heavy atom. The molecule has 9 heteroatoms. The summed E-state index contributed by atoms with van der Waals surface area (Å²) in [6, 6.07) is 18.7. The molecule has 0 aromatic heterocycles. The van der Waals surface area contributed by atoms with E-state index in [1.54, 1.807) is 55.6 Å². The Bertz CT molecular complexity index is 1490. The highest BCUT2D eigenvalue weighted by molar-refractivity contribution is 7.92. The first kappa shape index (κ1) is 32.1. The van der Waals surface area contributed by atoms with E-state index in [2.05, 4.69) is 5.32 Å². The highest BCUT2D eigenvalue weighted by Crippen LogP contribution is 2.27. The zero-order valence-corrected chi connectivity index (χ0v) is 26.6. The third-order valence-corrected chi connectivity index (χ3v) is 9.77. The molecule has 0 radical (unpaired) electrons. The fraction of sp³-hybridized carbons (Fsp3) is 0.412. The second-order valence-electron chi connectivity index (χ2n) is 11.5. The molecule has 3 aromatic rings. The molecular formula is C34H43N3O5S. The van der Waals surface area contributed by atoms with Crippen molar-refractivity contribution in [3.05, 3.63) is 89.0 Å². The fourth-order valence-corrected chi connectivity index (χ4v) is 7.07. The lowest BCUT2D eigenvalue weighted by atomic mass is 10.1. The number of carbonyl (C=O) groups excluding carboxylic acids is 2. The van der Waals surface area contributed by atoms with Crippen LogP contribution >= 0.6 is 0 Å². The minimum atomic E-state index is -4.12. The molecule has 0 bridgehead atoms. The van der Waals surface area contributed by atoms with Gasteiger partial charge in [-0.1, -0.05) is 55.7 Å². The van der Waals surface area contributed by atoms with E-state index >= 15 is 0 Å². The van der Waals surface area contributed by atoms with Crippen molar-refractivity contribution in [2.75, 3.05) is 18.0 Å².